The first-order valence-corrected chi connectivity index (χ1v) is 5.88. The Morgan fingerprint density at radius 1 is 1.29 bits per heavy atom. The normalized spacial score (nSPS) is 10.4. The summed E-state index contributed by atoms with van der Waals surface area (Å²) in [6, 6.07) is 5.48. The largest absolute Gasteiger partial charge is 0.395 e. The molecule has 88 valence electrons. The highest BCUT2D eigenvalue weighted by Gasteiger charge is 2.06. The van der Waals surface area contributed by atoms with Gasteiger partial charge in [0.05, 0.1) is 6.61 Å². The summed E-state index contributed by atoms with van der Waals surface area (Å²) >= 11 is 1.22. The Labute approximate surface area is 102 Å². The van der Waals surface area contributed by atoms with E-state index >= 15 is 0 Å². The van der Waals surface area contributed by atoms with Crippen LogP contribution >= 0.6 is 11.8 Å². The Kier molecular flexibility index (Phi) is 3.89. The van der Waals surface area contributed by atoms with E-state index in [9.17, 15) is 4.79 Å². The Bertz CT molecular complexity index is 542. The summed E-state index contributed by atoms with van der Waals surface area (Å²) in [5.74, 6) is 0. The average molecular weight is 249 g/mol. The number of hydrogen-bond donors (Lipinski definition) is 1. The van der Waals surface area contributed by atoms with Crippen LogP contribution in [0.25, 0.3) is 0 Å². The lowest BCUT2D eigenvalue weighted by atomic mass is 10.5. The number of nitrogens with zero attached hydrogens (tertiary/aromatic N) is 3. The number of hydrogen-bond acceptors (Lipinski definition) is 5. The minimum absolute atomic E-state index is 0.0718. The highest BCUT2D eigenvalue weighted by Crippen LogP contribution is 2.19. The van der Waals surface area contributed by atoms with Crippen molar-refractivity contribution < 1.29 is 5.11 Å². The van der Waals surface area contributed by atoms with Crippen LogP contribution < -0.4 is 5.56 Å². The molecule has 0 atom stereocenters. The highest BCUT2D eigenvalue weighted by atomic mass is 32.2. The molecular formula is C11H11N3O2S. The lowest BCUT2D eigenvalue weighted by molar-refractivity contribution is 0.273. The van der Waals surface area contributed by atoms with E-state index in [2.05, 4.69) is 9.97 Å². The third-order valence-corrected chi connectivity index (χ3v) is 2.99. The van der Waals surface area contributed by atoms with Crippen molar-refractivity contribution in [1.82, 2.24) is 14.5 Å². The predicted octanol–water partition coefficient (Wildman–Crippen LogP) is 0.782. The van der Waals surface area contributed by atoms with Gasteiger partial charge in [-0.25, -0.2) is 9.97 Å². The molecule has 2 heterocycles. The first-order valence-electron chi connectivity index (χ1n) is 5.06. The molecule has 0 aliphatic rings. The quantitative estimate of drug-likeness (QED) is 0.867. The molecule has 1 N–H and O–H groups in total. The van der Waals surface area contributed by atoms with Crippen LogP contribution in [-0.2, 0) is 6.54 Å². The smallest absolute Gasteiger partial charge is 0.283 e. The molecule has 0 amide bonds. The third-order valence-electron chi connectivity index (χ3n) is 2.06. The predicted molar refractivity (Wildman–Crippen MR) is 63.9 cm³/mol. The number of pyridine rings is 1. The van der Waals surface area contributed by atoms with E-state index in [1.807, 2.05) is 18.2 Å². The van der Waals surface area contributed by atoms with Gasteiger partial charge in [-0.1, -0.05) is 6.07 Å². The molecule has 2 rings (SSSR count). The number of aliphatic hydroxyl groups is 1. The molecule has 2 aromatic rings. The maximum atomic E-state index is 11.9. The monoisotopic (exact) mass is 249 g/mol. The minimum atomic E-state index is -0.211. The van der Waals surface area contributed by atoms with Crippen molar-refractivity contribution >= 4 is 11.8 Å². The molecule has 0 aromatic carbocycles. The Balaban J connectivity index is 2.28. The van der Waals surface area contributed by atoms with E-state index in [1.54, 1.807) is 18.6 Å². The number of aliphatic hydroxyl groups excluding tert-OH is 1. The van der Waals surface area contributed by atoms with Crippen LogP contribution in [0.15, 0.2) is 51.6 Å². The van der Waals surface area contributed by atoms with Crippen LogP contribution in [0.5, 0.6) is 0 Å². The van der Waals surface area contributed by atoms with Crippen molar-refractivity contribution in [1.29, 1.82) is 0 Å². The fraction of sp³-hybridized carbons (Fsp3) is 0.182. The summed E-state index contributed by atoms with van der Waals surface area (Å²) in [5.41, 5.74) is -0.211. The SMILES string of the molecule is O=c1c(Sc2ccccn2)nccn1CCO. The van der Waals surface area contributed by atoms with Crippen molar-refractivity contribution in [3.8, 4) is 0 Å². The molecule has 5 nitrogen and oxygen atoms in total. The minimum Gasteiger partial charge on any atom is -0.395 e. The Hall–Kier alpha value is -1.66. The van der Waals surface area contributed by atoms with Crippen LogP contribution in [0.3, 0.4) is 0 Å². The van der Waals surface area contributed by atoms with Gasteiger partial charge >= 0.3 is 0 Å². The molecule has 0 radical (unpaired) electrons. The first kappa shape index (κ1) is 11.8. The average Bonchev–Trinajstić information content (AvgIpc) is 2.36. The van der Waals surface area contributed by atoms with Crippen molar-refractivity contribution in [3.05, 3.63) is 47.1 Å². The fourth-order valence-corrected chi connectivity index (χ4v) is 2.06. The maximum absolute atomic E-state index is 11.9. The number of aromatic nitrogens is 3. The molecule has 0 bridgehead atoms. The van der Waals surface area contributed by atoms with E-state index in [-0.39, 0.29) is 18.7 Å². The van der Waals surface area contributed by atoms with Crippen molar-refractivity contribution in [2.75, 3.05) is 6.61 Å². The molecule has 0 spiro atoms. The lowest BCUT2D eigenvalue weighted by Crippen LogP contribution is -2.23. The zero-order valence-electron chi connectivity index (χ0n) is 8.98. The summed E-state index contributed by atoms with van der Waals surface area (Å²) in [6.45, 7) is 0.203. The molecular weight excluding hydrogens is 238 g/mol. The van der Waals surface area contributed by atoms with Crippen LogP contribution in [0, 0.1) is 0 Å². The Morgan fingerprint density at radius 2 is 2.18 bits per heavy atom. The van der Waals surface area contributed by atoms with Gasteiger partial charge in [0.2, 0.25) is 0 Å². The zero-order chi connectivity index (χ0) is 12.1. The molecule has 0 saturated heterocycles. The van der Waals surface area contributed by atoms with Crippen molar-refractivity contribution in [2.45, 2.75) is 16.6 Å². The van der Waals surface area contributed by atoms with Crippen LogP contribution in [-0.4, -0.2) is 26.2 Å². The van der Waals surface area contributed by atoms with Gasteiger partial charge in [-0.05, 0) is 23.9 Å². The second-order valence-electron chi connectivity index (χ2n) is 3.22. The van der Waals surface area contributed by atoms with Gasteiger partial charge in [-0.15, -0.1) is 0 Å². The molecule has 0 fully saturated rings. The first-order chi connectivity index (χ1) is 8.31. The van der Waals surface area contributed by atoms with Crippen molar-refractivity contribution in [3.63, 3.8) is 0 Å². The van der Waals surface area contributed by atoms with E-state index in [0.717, 1.165) is 5.03 Å². The van der Waals surface area contributed by atoms with Gasteiger partial charge in [0, 0.05) is 25.1 Å². The summed E-state index contributed by atoms with van der Waals surface area (Å²) in [4.78, 5) is 20.0. The Morgan fingerprint density at radius 3 is 2.88 bits per heavy atom. The molecule has 2 aromatic heterocycles. The zero-order valence-corrected chi connectivity index (χ0v) is 9.80. The molecule has 0 aliphatic carbocycles. The van der Waals surface area contributed by atoms with E-state index in [1.165, 1.54) is 16.3 Å². The van der Waals surface area contributed by atoms with Gasteiger partial charge < -0.3 is 9.67 Å². The molecule has 0 saturated carbocycles. The molecule has 6 heteroatoms. The summed E-state index contributed by atoms with van der Waals surface area (Å²) in [6.07, 6.45) is 4.76. The third kappa shape index (κ3) is 2.92. The second kappa shape index (κ2) is 5.60. The van der Waals surface area contributed by atoms with Crippen molar-refractivity contribution in [2.24, 2.45) is 0 Å². The van der Waals surface area contributed by atoms with Crippen LogP contribution in [0.1, 0.15) is 0 Å². The van der Waals surface area contributed by atoms with E-state index in [4.69, 9.17) is 5.11 Å². The van der Waals surface area contributed by atoms with Gasteiger partial charge in [-0.2, -0.15) is 0 Å². The van der Waals surface area contributed by atoms with Crippen LogP contribution in [0.4, 0.5) is 0 Å². The van der Waals surface area contributed by atoms with Crippen LogP contribution in [0.2, 0.25) is 0 Å². The topological polar surface area (TPSA) is 68.0 Å². The van der Waals surface area contributed by atoms with Gasteiger partial charge in [-0.3, -0.25) is 4.79 Å². The number of rotatable bonds is 4. The lowest BCUT2D eigenvalue weighted by Gasteiger charge is -2.04. The maximum Gasteiger partial charge on any atom is 0.283 e. The van der Waals surface area contributed by atoms with Gasteiger partial charge in [0.1, 0.15) is 5.03 Å². The summed E-state index contributed by atoms with van der Waals surface area (Å²) < 4.78 is 1.43. The molecule has 0 unspecified atom stereocenters. The molecule has 0 aliphatic heterocycles. The van der Waals surface area contributed by atoms with E-state index < -0.39 is 0 Å². The van der Waals surface area contributed by atoms with Gasteiger partial charge in [0.25, 0.3) is 5.56 Å². The highest BCUT2D eigenvalue weighted by molar-refractivity contribution is 7.99. The van der Waals surface area contributed by atoms with Gasteiger partial charge in [0.15, 0.2) is 5.03 Å². The fourth-order valence-electron chi connectivity index (χ4n) is 1.29. The van der Waals surface area contributed by atoms with E-state index in [0.29, 0.717) is 5.03 Å². The summed E-state index contributed by atoms with van der Waals surface area (Å²) in [5, 5.41) is 9.91. The summed E-state index contributed by atoms with van der Waals surface area (Å²) in [7, 11) is 0. The second-order valence-corrected chi connectivity index (χ2v) is 4.23. The molecule has 17 heavy (non-hydrogen) atoms. The standard InChI is InChI=1S/C11H11N3O2S/c15-8-7-14-6-5-13-10(11(14)16)17-9-3-1-2-4-12-9/h1-6,15H,7-8H2.